The predicted molar refractivity (Wildman–Crippen MR) is 110 cm³/mol. The van der Waals surface area contributed by atoms with Gasteiger partial charge in [0.25, 0.3) is 0 Å². The van der Waals surface area contributed by atoms with Crippen molar-refractivity contribution in [1.82, 2.24) is 0 Å². The summed E-state index contributed by atoms with van der Waals surface area (Å²) >= 11 is 7.75. The van der Waals surface area contributed by atoms with Gasteiger partial charge in [-0.15, -0.1) is 11.8 Å². The molecule has 0 aromatic heterocycles. The van der Waals surface area contributed by atoms with E-state index >= 15 is 0 Å². The molecule has 0 atom stereocenters. The first-order chi connectivity index (χ1) is 13.1. The van der Waals surface area contributed by atoms with Crippen LogP contribution in [0.25, 0.3) is 22.3 Å². The highest BCUT2D eigenvalue weighted by Crippen LogP contribution is 2.49. The molecule has 0 radical (unpaired) electrons. The Balaban J connectivity index is 2.02. The van der Waals surface area contributed by atoms with Gasteiger partial charge in [0, 0.05) is 21.2 Å². The van der Waals surface area contributed by atoms with Crippen molar-refractivity contribution < 1.29 is 14.6 Å². The van der Waals surface area contributed by atoms with Crippen LogP contribution >= 0.6 is 23.4 Å². The summed E-state index contributed by atoms with van der Waals surface area (Å²) in [6.45, 7) is 2.01. The zero-order valence-corrected chi connectivity index (χ0v) is 16.2. The summed E-state index contributed by atoms with van der Waals surface area (Å²) in [6.07, 6.45) is 0. The van der Waals surface area contributed by atoms with Gasteiger partial charge in [0.15, 0.2) is 0 Å². The molecule has 0 amide bonds. The fraction of sp³-hybridized carbons (Fsp3) is 0.136. The first kappa shape index (κ1) is 18.0. The lowest BCUT2D eigenvalue weighted by molar-refractivity contribution is 0.0524. The minimum Gasteiger partial charge on any atom is -0.507 e. The van der Waals surface area contributed by atoms with E-state index in [4.69, 9.17) is 16.3 Å². The number of hydrogen-bond donors (Lipinski definition) is 1. The summed E-state index contributed by atoms with van der Waals surface area (Å²) < 4.78 is 5.23. The third-order valence-corrected chi connectivity index (χ3v) is 5.93. The van der Waals surface area contributed by atoms with Crippen LogP contribution < -0.4 is 0 Å². The number of benzene rings is 3. The average molecular weight is 397 g/mol. The molecule has 1 N–H and O–H groups in total. The Morgan fingerprint density at radius 1 is 1.15 bits per heavy atom. The number of aromatic hydroxyl groups is 1. The van der Waals surface area contributed by atoms with Crippen LogP contribution in [0.2, 0.25) is 5.02 Å². The number of halogens is 1. The maximum Gasteiger partial charge on any atom is 0.342 e. The van der Waals surface area contributed by atoms with Gasteiger partial charge >= 0.3 is 5.97 Å². The van der Waals surface area contributed by atoms with Crippen molar-refractivity contribution in [3.05, 3.63) is 70.7 Å². The lowest BCUT2D eigenvalue weighted by Crippen LogP contribution is -2.11. The Morgan fingerprint density at radius 3 is 2.63 bits per heavy atom. The molecule has 1 aliphatic heterocycles. The third-order valence-electron chi connectivity index (χ3n) is 4.58. The van der Waals surface area contributed by atoms with E-state index in [9.17, 15) is 9.90 Å². The van der Waals surface area contributed by atoms with E-state index < -0.39 is 5.97 Å². The van der Waals surface area contributed by atoms with Gasteiger partial charge in [-0.3, -0.25) is 0 Å². The number of carbonyl (C=O) groups excluding carboxylic acids is 1. The van der Waals surface area contributed by atoms with Gasteiger partial charge in [0.1, 0.15) is 11.3 Å². The highest BCUT2D eigenvalue weighted by Gasteiger charge is 2.29. The van der Waals surface area contributed by atoms with E-state index in [1.54, 1.807) is 24.8 Å². The molecule has 27 heavy (non-hydrogen) atoms. The highest BCUT2D eigenvalue weighted by molar-refractivity contribution is 7.98. The number of carbonyl (C=O) groups is 1. The summed E-state index contributed by atoms with van der Waals surface area (Å²) in [5.41, 5.74) is 4.79. The molecule has 3 aromatic rings. The number of esters is 1. The molecule has 5 heteroatoms. The molecule has 3 aromatic carbocycles. The molecule has 1 aliphatic rings. The highest BCUT2D eigenvalue weighted by atomic mass is 35.5. The van der Waals surface area contributed by atoms with Crippen LogP contribution in [0.1, 0.15) is 22.8 Å². The quantitative estimate of drug-likeness (QED) is 0.538. The number of thioether (sulfide) groups is 1. The molecular formula is C22H17ClO3S. The fourth-order valence-electron chi connectivity index (χ4n) is 3.40. The molecule has 3 nitrogen and oxygen atoms in total. The normalized spacial score (nSPS) is 12.2. The Hall–Kier alpha value is -2.43. The van der Waals surface area contributed by atoms with Crippen LogP contribution in [0, 0.1) is 0 Å². The predicted octanol–water partition coefficient (Wildman–Crippen LogP) is 6.16. The monoisotopic (exact) mass is 396 g/mol. The molecular weight excluding hydrogens is 380 g/mol. The van der Waals surface area contributed by atoms with Gasteiger partial charge < -0.3 is 9.84 Å². The van der Waals surface area contributed by atoms with Crippen LogP contribution in [0.15, 0.2) is 59.5 Å². The standard InChI is InChI=1S/C22H17ClO3S/c1-2-26-22(25)21-18(24)11-16(13-7-9-14(23)10-8-13)17-12-27-19-6-4-3-5-15(19)20(17)21/h3-11,24H,2,12H2,1H3. The van der Waals surface area contributed by atoms with Crippen LogP contribution in [-0.4, -0.2) is 17.7 Å². The lowest BCUT2D eigenvalue weighted by Gasteiger charge is -2.25. The average Bonchev–Trinajstić information content (AvgIpc) is 2.68. The summed E-state index contributed by atoms with van der Waals surface area (Å²) in [5.74, 6) is 0.131. The lowest BCUT2D eigenvalue weighted by atomic mass is 9.87. The second kappa shape index (κ2) is 7.29. The zero-order valence-electron chi connectivity index (χ0n) is 14.7. The molecule has 0 saturated carbocycles. The minimum absolute atomic E-state index is 0.0705. The molecule has 0 aliphatic carbocycles. The molecule has 0 fully saturated rings. The maximum absolute atomic E-state index is 12.6. The Labute approximate surface area is 166 Å². The van der Waals surface area contributed by atoms with E-state index in [0.29, 0.717) is 10.8 Å². The second-order valence-electron chi connectivity index (χ2n) is 6.18. The smallest absolute Gasteiger partial charge is 0.342 e. The van der Waals surface area contributed by atoms with E-state index in [2.05, 4.69) is 0 Å². The number of ether oxygens (including phenoxy) is 1. The summed E-state index contributed by atoms with van der Waals surface area (Å²) in [6, 6.07) is 17.1. The second-order valence-corrected chi connectivity index (χ2v) is 7.64. The third kappa shape index (κ3) is 3.20. The number of hydrogen-bond acceptors (Lipinski definition) is 4. The summed E-state index contributed by atoms with van der Waals surface area (Å²) in [5, 5.41) is 11.4. The molecule has 136 valence electrons. The molecule has 1 heterocycles. The van der Waals surface area contributed by atoms with Gasteiger partial charge in [-0.1, -0.05) is 41.9 Å². The SMILES string of the molecule is CCOC(=O)c1c(O)cc(-c2ccc(Cl)cc2)c2c1-c1ccccc1SC2. The van der Waals surface area contributed by atoms with Crippen LogP contribution in [0.5, 0.6) is 5.75 Å². The number of rotatable bonds is 3. The summed E-state index contributed by atoms with van der Waals surface area (Å²) in [4.78, 5) is 13.7. The van der Waals surface area contributed by atoms with Crippen molar-refractivity contribution in [2.24, 2.45) is 0 Å². The molecule has 0 spiro atoms. The van der Waals surface area contributed by atoms with E-state index in [0.717, 1.165) is 32.7 Å². The van der Waals surface area contributed by atoms with Crippen LogP contribution in [0.3, 0.4) is 0 Å². The number of phenols is 1. The van der Waals surface area contributed by atoms with E-state index in [1.807, 2.05) is 48.5 Å². The fourth-order valence-corrected chi connectivity index (χ4v) is 4.63. The number of phenolic OH excluding ortho intramolecular Hbond substituents is 1. The Kier molecular flexibility index (Phi) is 4.85. The maximum atomic E-state index is 12.6. The van der Waals surface area contributed by atoms with Crippen molar-refractivity contribution in [2.45, 2.75) is 17.6 Å². The van der Waals surface area contributed by atoms with Gasteiger partial charge in [-0.2, -0.15) is 0 Å². The van der Waals surface area contributed by atoms with Crippen molar-refractivity contribution in [3.63, 3.8) is 0 Å². The van der Waals surface area contributed by atoms with Gasteiger partial charge in [-0.05, 0) is 53.4 Å². The molecule has 0 saturated heterocycles. The van der Waals surface area contributed by atoms with Crippen molar-refractivity contribution in [3.8, 4) is 28.0 Å². The van der Waals surface area contributed by atoms with Gasteiger partial charge in [0.2, 0.25) is 0 Å². The van der Waals surface area contributed by atoms with E-state index in [-0.39, 0.29) is 17.9 Å². The zero-order chi connectivity index (χ0) is 19.0. The largest absolute Gasteiger partial charge is 0.507 e. The number of fused-ring (bicyclic) bond motifs is 3. The summed E-state index contributed by atoms with van der Waals surface area (Å²) in [7, 11) is 0. The van der Waals surface area contributed by atoms with Crippen molar-refractivity contribution >= 4 is 29.3 Å². The van der Waals surface area contributed by atoms with E-state index in [1.165, 1.54) is 0 Å². The van der Waals surface area contributed by atoms with Crippen LogP contribution in [0.4, 0.5) is 0 Å². The Bertz CT molecular complexity index is 1030. The minimum atomic E-state index is -0.504. The molecule has 0 bridgehead atoms. The van der Waals surface area contributed by atoms with Gasteiger partial charge in [0.05, 0.1) is 6.61 Å². The molecule has 0 unspecified atom stereocenters. The first-order valence-corrected chi connectivity index (χ1v) is 10.0. The Morgan fingerprint density at radius 2 is 1.89 bits per heavy atom. The van der Waals surface area contributed by atoms with Crippen molar-refractivity contribution in [2.75, 3.05) is 6.61 Å². The molecule has 4 rings (SSSR count). The van der Waals surface area contributed by atoms with Crippen molar-refractivity contribution in [1.29, 1.82) is 0 Å². The van der Waals surface area contributed by atoms with Gasteiger partial charge in [-0.25, -0.2) is 4.79 Å². The first-order valence-electron chi connectivity index (χ1n) is 8.64. The van der Waals surface area contributed by atoms with Crippen LogP contribution in [-0.2, 0) is 10.5 Å². The topological polar surface area (TPSA) is 46.5 Å².